The minimum absolute atomic E-state index is 0.257. The van der Waals surface area contributed by atoms with Gasteiger partial charge in [-0.15, -0.1) is 0 Å². The molecule has 88 valence electrons. The molecular formula is C12H20Cl2O. The average Bonchev–Trinajstić information content (AvgIpc) is 2.01. The fourth-order valence-electron chi connectivity index (χ4n) is 1.29. The van der Waals surface area contributed by atoms with E-state index in [4.69, 9.17) is 27.9 Å². The summed E-state index contributed by atoms with van der Waals surface area (Å²) in [4.78, 5) is 0. The van der Waals surface area contributed by atoms with Crippen LogP contribution in [0.5, 0.6) is 0 Å². The molecule has 0 aliphatic heterocycles. The highest BCUT2D eigenvalue weighted by molar-refractivity contribution is 6.30. The zero-order valence-electron chi connectivity index (χ0n) is 10.3. The van der Waals surface area contributed by atoms with Crippen molar-refractivity contribution in [2.24, 2.45) is 11.8 Å². The average molecular weight is 251 g/mol. The Morgan fingerprint density at radius 1 is 0.800 bits per heavy atom. The molecule has 0 aliphatic rings. The monoisotopic (exact) mass is 250 g/mol. The minimum atomic E-state index is 0.257. The van der Waals surface area contributed by atoms with Crippen molar-refractivity contribution in [3.8, 4) is 0 Å². The topological polar surface area (TPSA) is 9.23 Å². The molecule has 15 heavy (non-hydrogen) atoms. The molecular weight excluding hydrogens is 231 g/mol. The second-order valence-corrected chi connectivity index (χ2v) is 5.34. The second kappa shape index (κ2) is 6.44. The highest BCUT2D eigenvalue weighted by Crippen LogP contribution is 2.28. The van der Waals surface area contributed by atoms with Gasteiger partial charge in [-0.05, 0) is 13.8 Å². The molecule has 0 spiro atoms. The molecule has 0 saturated carbocycles. The highest BCUT2D eigenvalue weighted by Gasteiger charge is 2.15. The zero-order valence-corrected chi connectivity index (χ0v) is 11.8. The van der Waals surface area contributed by atoms with Gasteiger partial charge in [0.1, 0.15) is 11.5 Å². The molecule has 0 aromatic carbocycles. The number of hydrogen-bond donors (Lipinski definition) is 0. The first kappa shape index (κ1) is 14.9. The van der Waals surface area contributed by atoms with Crippen molar-refractivity contribution >= 4 is 23.2 Å². The van der Waals surface area contributed by atoms with Gasteiger partial charge in [-0.3, -0.25) is 0 Å². The van der Waals surface area contributed by atoms with E-state index in [1.54, 1.807) is 0 Å². The van der Waals surface area contributed by atoms with Crippen molar-refractivity contribution in [2.45, 2.75) is 41.5 Å². The maximum atomic E-state index is 5.98. The number of rotatable bonds is 4. The van der Waals surface area contributed by atoms with Gasteiger partial charge in [0.2, 0.25) is 0 Å². The molecule has 0 aromatic heterocycles. The van der Waals surface area contributed by atoms with E-state index in [0.717, 1.165) is 11.5 Å². The van der Waals surface area contributed by atoms with Crippen LogP contribution in [0.2, 0.25) is 0 Å². The third-order valence-corrected chi connectivity index (χ3v) is 2.32. The van der Waals surface area contributed by atoms with Gasteiger partial charge >= 0.3 is 0 Å². The van der Waals surface area contributed by atoms with E-state index in [-0.39, 0.29) is 11.8 Å². The largest absolute Gasteiger partial charge is 0.463 e. The predicted octanol–water partition coefficient (Wildman–Crippen LogP) is 5.26. The molecule has 0 bridgehead atoms. The van der Waals surface area contributed by atoms with Crippen LogP contribution < -0.4 is 0 Å². The molecule has 1 nitrogen and oxygen atoms in total. The quantitative estimate of drug-likeness (QED) is 0.619. The van der Waals surface area contributed by atoms with Crippen LogP contribution in [0.25, 0.3) is 0 Å². The van der Waals surface area contributed by atoms with E-state index in [0.29, 0.717) is 10.1 Å². The summed E-state index contributed by atoms with van der Waals surface area (Å²) in [6.07, 6.45) is 0. The summed E-state index contributed by atoms with van der Waals surface area (Å²) in [6.45, 7) is 11.8. The lowest BCUT2D eigenvalue weighted by atomic mass is 10.1. The lowest BCUT2D eigenvalue weighted by Crippen LogP contribution is -2.06. The number of hydrogen-bond acceptors (Lipinski definition) is 1. The Balaban J connectivity index is 4.99. The standard InChI is InChI=1S/C12H20Cl2O/c1-7(2)11(9(5)13)15-12(8(3)4)10(6)14/h7-8H,1-6H3. The number of allylic oxidation sites excluding steroid dienone is 4. The van der Waals surface area contributed by atoms with Crippen LogP contribution >= 0.6 is 23.2 Å². The maximum absolute atomic E-state index is 5.98. The van der Waals surface area contributed by atoms with Gasteiger partial charge in [0.05, 0.1) is 10.1 Å². The molecule has 0 aliphatic carbocycles. The van der Waals surface area contributed by atoms with E-state index in [1.165, 1.54) is 0 Å². The summed E-state index contributed by atoms with van der Waals surface area (Å²) < 4.78 is 5.79. The lowest BCUT2D eigenvalue weighted by molar-refractivity contribution is 0.231. The Kier molecular flexibility index (Phi) is 6.38. The molecule has 0 heterocycles. The number of halogens is 2. The van der Waals surface area contributed by atoms with E-state index in [9.17, 15) is 0 Å². The van der Waals surface area contributed by atoms with Gasteiger partial charge in [-0.25, -0.2) is 0 Å². The third kappa shape index (κ3) is 4.94. The fourth-order valence-corrected chi connectivity index (χ4v) is 1.80. The van der Waals surface area contributed by atoms with Crippen molar-refractivity contribution in [1.29, 1.82) is 0 Å². The second-order valence-electron chi connectivity index (χ2n) is 4.21. The van der Waals surface area contributed by atoms with Gasteiger partial charge < -0.3 is 4.74 Å². The fraction of sp³-hybridized carbons (Fsp3) is 0.667. The van der Waals surface area contributed by atoms with Gasteiger partial charge in [-0.2, -0.15) is 0 Å². The first-order valence-corrected chi connectivity index (χ1v) is 5.93. The Hall–Kier alpha value is -0.140. The number of ether oxygens (including phenoxy) is 1. The van der Waals surface area contributed by atoms with E-state index in [1.807, 2.05) is 41.5 Å². The predicted molar refractivity (Wildman–Crippen MR) is 67.9 cm³/mol. The first-order valence-electron chi connectivity index (χ1n) is 5.17. The van der Waals surface area contributed by atoms with E-state index < -0.39 is 0 Å². The molecule has 0 radical (unpaired) electrons. The Morgan fingerprint density at radius 3 is 1.20 bits per heavy atom. The van der Waals surface area contributed by atoms with Crippen molar-refractivity contribution in [2.75, 3.05) is 0 Å². The van der Waals surface area contributed by atoms with Crippen LogP contribution in [-0.2, 0) is 4.74 Å². The van der Waals surface area contributed by atoms with Gasteiger partial charge in [0.25, 0.3) is 0 Å². The van der Waals surface area contributed by atoms with Crippen LogP contribution in [-0.4, -0.2) is 0 Å². The molecule has 0 fully saturated rings. The van der Waals surface area contributed by atoms with Crippen LogP contribution in [0, 0.1) is 11.8 Å². The molecule has 0 amide bonds. The summed E-state index contributed by atoms with van der Waals surface area (Å²) in [5.41, 5.74) is 0. The summed E-state index contributed by atoms with van der Waals surface area (Å²) >= 11 is 12.0. The Labute approximate surface area is 103 Å². The lowest BCUT2D eigenvalue weighted by Gasteiger charge is -2.20. The molecule has 0 N–H and O–H groups in total. The van der Waals surface area contributed by atoms with Crippen molar-refractivity contribution in [3.63, 3.8) is 0 Å². The van der Waals surface area contributed by atoms with Crippen molar-refractivity contribution in [1.82, 2.24) is 0 Å². The third-order valence-electron chi connectivity index (χ3n) is 1.95. The summed E-state index contributed by atoms with van der Waals surface area (Å²) in [5, 5.41) is 1.36. The summed E-state index contributed by atoms with van der Waals surface area (Å²) in [6, 6.07) is 0. The zero-order chi connectivity index (χ0) is 12.2. The van der Waals surface area contributed by atoms with Gasteiger partial charge in [-0.1, -0.05) is 50.9 Å². The van der Waals surface area contributed by atoms with Gasteiger partial charge in [0, 0.05) is 11.8 Å². The van der Waals surface area contributed by atoms with E-state index in [2.05, 4.69) is 0 Å². The SMILES string of the molecule is CC(Cl)=C(OC(=C(C)Cl)C(C)C)C(C)C. The molecule has 0 aromatic rings. The smallest absolute Gasteiger partial charge is 0.120 e. The van der Waals surface area contributed by atoms with Crippen LogP contribution in [0.1, 0.15) is 41.5 Å². The highest BCUT2D eigenvalue weighted by atomic mass is 35.5. The van der Waals surface area contributed by atoms with Gasteiger partial charge in [0.15, 0.2) is 0 Å². The Bertz CT molecular complexity index is 239. The Morgan fingerprint density at radius 2 is 1.07 bits per heavy atom. The maximum Gasteiger partial charge on any atom is 0.120 e. The van der Waals surface area contributed by atoms with Crippen LogP contribution in [0.4, 0.5) is 0 Å². The first-order chi connectivity index (χ1) is 6.77. The van der Waals surface area contributed by atoms with Crippen LogP contribution in [0.3, 0.4) is 0 Å². The molecule has 0 atom stereocenters. The molecule has 0 rings (SSSR count). The normalized spacial score (nSPS) is 15.3. The van der Waals surface area contributed by atoms with Crippen molar-refractivity contribution in [3.05, 3.63) is 21.6 Å². The molecule has 3 heteroatoms. The summed E-state index contributed by atoms with van der Waals surface area (Å²) in [5.74, 6) is 2.10. The van der Waals surface area contributed by atoms with Crippen molar-refractivity contribution < 1.29 is 4.74 Å². The minimum Gasteiger partial charge on any atom is -0.463 e. The molecule has 0 unspecified atom stereocenters. The summed E-state index contributed by atoms with van der Waals surface area (Å²) in [7, 11) is 0. The van der Waals surface area contributed by atoms with E-state index >= 15 is 0 Å². The molecule has 0 saturated heterocycles. The van der Waals surface area contributed by atoms with Crippen LogP contribution in [0.15, 0.2) is 21.6 Å².